The number of likely N-dealkylation sites (tertiary alicyclic amines) is 2. The molecule has 250 valence electrons. The van der Waals surface area contributed by atoms with Crippen LogP contribution in [-0.4, -0.2) is 82.7 Å². The standard InChI is InChI=1S/C34H41F5N4O3/c1-2-21-17-42(32(46)33(36)20-43(25-5-3-4-6-25)19-28(33)29-10-8-24(35)16-40-29)18-27(21)26-9-7-23(34(37,38)39)15-30(26)41-13-11-22(12-14-41)31(44)45/h7-10,15-16,21-22,25,27-28H,2-6,11-14,17-20H2,1H3,(H,44,45)/t21-,27-,28-,33-/m0/s1. The van der Waals surface area contributed by atoms with Gasteiger partial charge in [-0.1, -0.05) is 32.3 Å². The smallest absolute Gasteiger partial charge is 0.416 e. The van der Waals surface area contributed by atoms with Crippen LogP contribution in [0.15, 0.2) is 36.5 Å². The Hall–Kier alpha value is -3.28. The van der Waals surface area contributed by atoms with Gasteiger partial charge in [0, 0.05) is 62.6 Å². The number of rotatable bonds is 7. The predicted octanol–water partition coefficient (Wildman–Crippen LogP) is 6.24. The maximum atomic E-state index is 17.4. The number of carbonyl (C=O) groups is 2. The molecule has 1 amide bonds. The van der Waals surface area contributed by atoms with E-state index < -0.39 is 46.9 Å². The summed E-state index contributed by atoms with van der Waals surface area (Å²) in [6.45, 7) is 3.20. The van der Waals surface area contributed by atoms with Crippen LogP contribution in [0.4, 0.5) is 27.6 Å². The van der Waals surface area contributed by atoms with Crippen molar-refractivity contribution in [1.29, 1.82) is 0 Å². The molecule has 0 unspecified atom stereocenters. The number of nitrogens with zero attached hydrogens (tertiary/aromatic N) is 4. The minimum absolute atomic E-state index is 0.0811. The summed E-state index contributed by atoms with van der Waals surface area (Å²) in [5, 5.41) is 9.45. The molecule has 2 aromatic rings. The van der Waals surface area contributed by atoms with Crippen LogP contribution >= 0.6 is 0 Å². The van der Waals surface area contributed by atoms with Crippen LogP contribution in [0.1, 0.15) is 80.5 Å². The average Bonchev–Trinajstić information content (AvgIpc) is 3.80. The van der Waals surface area contributed by atoms with Crippen molar-refractivity contribution in [3.8, 4) is 0 Å². The van der Waals surface area contributed by atoms with E-state index in [9.17, 15) is 32.3 Å². The number of carbonyl (C=O) groups excluding carboxylic acids is 1. The predicted molar refractivity (Wildman–Crippen MR) is 162 cm³/mol. The highest BCUT2D eigenvalue weighted by atomic mass is 19.4. The number of carboxylic acids is 1. The number of aromatic nitrogens is 1. The van der Waals surface area contributed by atoms with Crippen LogP contribution in [0.3, 0.4) is 0 Å². The van der Waals surface area contributed by atoms with Gasteiger partial charge in [0.15, 0.2) is 0 Å². The summed E-state index contributed by atoms with van der Waals surface area (Å²) in [5.41, 5.74) is -1.70. The Bertz CT molecular complexity index is 1420. The summed E-state index contributed by atoms with van der Waals surface area (Å²) in [5.74, 6) is -3.98. The third-order valence-corrected chi connectivity index (χ3v) is 10.9. The molecule has 4 aliphatic rings. The number of amides is 1. The van der Waals surface area contributed by atoms with Crippen LogP contribution in [0.5, 0.6) is 0 Å². The van der Waals surface area contributed by atoms with Crippen molar-refractivity contribution in [3.05, 3.63) is 59.2 Å². The quantitative estimate of drug-likeness (QED) is 0.359. The first-order chi connectivity index (χ1) is 21.9. The molecule has 7 nitrogen and oxygen atoms in total. The molecule has 1 N–H and O–H groups in total. The molecule has 4 heterocycles. The highest BCUT2D eigenvalue weighted by molar-refractivity contribution is 5.88. The van der Waals surface area contributed by atoms with Crippen molar-refractivity contribution < 1.29 is 36.6 Å². The maximum absolute atomic E-state index is 17.4. The molecular weight excluding hydrogens is 607 g/mol. The first-order valence-electron chi connectivity index (χ1n) is 16.4. The van der Waals surface area contributed by atoms with Gasteiger partial charge in [0.05, 0.1) is 23.6 Å². The Morgan fingerprint density at radius 1 is 1.02 bits per heavy atom. The molecule has 1 aromatic heterocycles. The Balaban J connectivity index is 1.30. The molecule has 12 heteroatoms. The second kappa shape index (κ2) is 12.7. The second-order valence-corrected chi connectivity index (χ2v) is 13.5. The number of hydrogen-bond donors (Lipinski definition) is 1. The summed E-state index contributed by atoms with van der Waals surface area (Å²) >= 11 is 0. The van der Waals surface area contributed by atoms with Gasteiger partial charge in [-0.2, -0.15) is 13.2 Å². The second-order valence-electron chi connectivity index (χ2n) is 13.5. The Morgan fingerprint density at radius 2 is 1.74 bits per heavy atom. The minimum atomic E-state index is -4.56. The van der Waals surface area contributed by atoms with Gasteiger partial charge < -0.3 is 14.9 Å². The van der Waals surface area contributed by atoms with Crippen molar-refractivity contribution in [3.63, 3.8) is 0 Å². The van der Waals surface area contributed by atoms with E-state index in [0.29, 0.717) is 55.8 Å². The van der Waals surface area contributed by atoms with Crippen molar-refractivity contribution in [2.45, 2.75) is 81.6 Å². The van der Waals surface area contributed by atoms with Crippen LogP contribution in [0.25, 0.3) is 0 Å². The zero-order chi connectivity index (χ0) is 32.8. The number of hydrogen-bond acceptors (Lipinski definition) is 5. The lowest BCUT2D eigenvalue weighted by atomic mass is 9.85. The van der Waals surface area contributed by atoms with Crippen molar-refractivity contribution in [2.24, 2.45) is 11.8 Å². The van der Waals surface area contributed by atoms with E-state index >= 15 is 4.39 Å². The molecule has 46 heavy (non-hydrogen) atoms. The van der Waals surface area contributed by atoms with Gasteiger partial charge in [0.1, 0.15) is 5.82 Å². The fraction of sp³-hybridized carbons (Fsp3) is 0.618. The molecule has 0 spiro atoms. The summed E-state index contributed by atoms with van der Waals surface area (Å²) in [7, 11) is 0. The fourth-order valence-corrected chi connectivity index (χ4v) is 8.28. The molecular formula is C34H41F5N4O3. The number of halogens is 5. The number of piperidine rings is 1. The van der Waals surface area contributed by atoms with Crippen LogP contribution in [0.2, 0.25) is 0 Å². The highest BCUT2D eigenvalue weighted by Crippen LogP contribution is 2.47. The summed E-state index contributed by atoms with van der Waals surface area (Å²) in [6, 6.07) is 6.53. The van der Waals surface area contributed by atoms with Crippen molar-refractivity contribution in [2.75, 3.05) is 44.2 Å². The Kier molecular flexibility index (Phi) is 9.04. The molecule has 6 rings (SSSR count). The molecule has 1 aromatic carbocycles. The zero-order valence-corrected chi connectivity index (χ0v) is 26.0. The van der Waals surface area contributed by atoms with Crippen molar-refractivity contribution in [1.82, 2.24) is 14.8 Å². The number of alkyl halides is 4. The maximum Gasteiger partial charge on any atom is 0.416 e. The molecule has 1 aliphatic carbocycles. The molecule has 0 radical (unpaired) electrons. The fourth-order valence-electron chi connectivity index (χ4n) is 8.28. The van der Waals surface area contributed by atoms with Gasteiger partial charge in [0.25, 0.3) is 5.91 Å². The number of aliphatic carboxylic acids is 1. The molecule has 3 aliphatic heterocycles. The van der Waals surface area contributed by atoms with Crippen LogP contribution in [0, 0.1) is 17.7 Å². The molecule has 4 fully saturated rings. The number of carboxylic acid groups (broad SMARTS) is 1. The molecule has 0 bridgehead atoms. The van der Waals surface area contributed by atoms with E-state index in [2.05, 4.69) is 4.98 Å². The zero-order valence-electron chi connectivity index (χ0n) is 26.0. The molecule has 3 saturated heterocycles. The minimum Gasteiger partial charge on any atom is -0.481 e. The third kappa shape index (κ3) is 6.21. The summed E-state index contributed by atoms with van der Waals surface area (Å²) in [4.78, 5) is 35.4. The van der Waals surface area contributed by atoms with Crippen LogP contribution in [-0.2, 0) is 15.8 Å². The van der Waals surface area contributed by atoms with Gasteiger partial charge >= 0.3 is 12.1 Å². The third-order valence-electron chi connectivity index (χ3n) is 10.9. The largest absolute Gasteiger partial charge is 0.481 e. The van der Waals surface area contributed by atoms with E-state index in [-0.39, 0.29) is 37.5 Å². The van der Waals surface area contributed by atoms with E-state index in [0.717, 1.165) is 44.0 Å². The van der Waals surface area contributed by atoms with E-state index in [1.54, 1.807) is 0 Å². The van der Waals surface area contributed by atoms with Gasteiger partial charge in [-0.15, -0.1) is 0 Å². The lowest BCUT2D eigenvalue weighted by Gasteiger charge is -2.35. The highest BCUT2D eigenvalue weighted by Gasteiger charge is 2.58. The lowest BCUT2D eigenvalue weighted by molar-refractivity contribution is -0.143. The van der Waals surface area contributed by atoms with E-state index in [1.807, 2.05) is 16.7 Å². The topological polar surface area (TPSA) is 77.0 Å². The SMILES string of the molecule is CC[C@H]1CN(C(=O)[C@]2(F)CN(C3CCCC3)C[C@H]2c2ccc(F)cn2)C[C@@H]1c1ccc(C(F)(F)F)cc1N1CCC(C(=O)O)CC1. The summed E-state index contributed by atoms with van der Waals surface area (Å²) in [6.07, 6.45) is 1.69. The average molecular weight is 649 g/mol. The molecule has 4 atom stereocenters. The van der Waals surface area contributed by atoms with Crippen LogP contribution < -0.4 is 4.90 Å². The normalized spacial score (nSPS) is 28.3. The number of pyridine rings is 1. The van der Waals surface area contributed by atoms with Gasteiger partial charge in [0.2, 0.25) is 5.67 Å². The van der Waals surface area contributed by atoms with Gasteiger partial charge in [-0.05, 0) is 61.4 Å². The van der Waals surface area contributed by atoms with E-state index in [1.165, 1.54) is 23.1 Å². The first kappa shape index (κ1) is 32.7. The first-order valence-corrected chi connectivity index (χ1v) is 16.4. The Labute approximate surface area is 265 Å². The number of benzene rings is 1. The summed E-state index contributed by atoms with van der Waals surface area (Å²) < 4.78 is 72.7. The van der Waals surface area contributed by atoms with E-state index in [4.69, 9.17) is 0 Å². The van der Waals surface area contributed by atoms with Crippen molar-refractivity contribution >= 4 is 17.6 Å². The Morgan fingerprint density at radius 3 is 2.35 bits per heavy atom. The number of anilines is 1. The monoisotopic (exact) mass is 648 g/mol. The van der Waals surface area contributed by atoms with Gasteiger partial charge in [-0.25, -0.2) is 8.78 Å². The van der Waals surface area contributed by atoms with Gasteiger partial charge in [-0.3, -0.25) is 19.5 Å². The lowest BCUT2D eigenvalue weighted by Crippen LogP contribution is -2.50. The molecule has 1 saturated carbocycles.